The zero-order valence-electron chi connectivity index (χ0n) is 14.5. The van der Waals surface area contributed by atoms with Gasteiger partial charge < -0.3 is 14.7 Å². The van der Waals surface area contributed by atoms with Gasteiger partial charge >= 0.3 is 5.97 Å². The summed E-state index contributed by atoms with van der Waals surface area (Å²) in [5.74, 6) is 0.228. The molecule has 6 nitrogen and oxygen atoms in total. The van der Waals surface area contributed by atoms with Crippen LogP contribution in [0.1, 0.15) is 35.2 Å². The molecule has 1 atom stereocenters. The minimum Gasteiger partial charge on any atom is -0.493 e. The van der Waals surface area contributed by atoms with Crippen molar-refractivity contribution in [2.24, 2.45) is 5.41 Å². The van der Waals surface area contributed by atoms with Gasteiger partial charge in [-0.25, -0.2) is 0 Å². The monoisotopic (exact) mass is 344 g/mol. The lowest BCUT2D eigenvalue weighted by Gasteiger charge is -2.39. The summed E-state index contributed by atoms with van der Waals surface area (Å²) in [4.78, 5) is 28.1. The Kier molecular flexibility index (Phi) is 3.95. The van der Waals surface area contributed by atoms with E-state index in [2.05, 4.69) is 0 Å². The molecular formula is C19H24N2O4. The van der Waals surface area contributed by atoms with Gasteiger partial charge in [-0.2, -0.15) is 0 Å². The van der Waals surface area contributed by atoms with Crippen LogP contribution in [0.5, 0.6) is 5.75 Å². The number of piperidine rings is 1. The number of likely N-dealkylation sites (N-methyl/N-ethyl adjacent to an activating group) is 1. The van der Waals surface area contributed by atoms with E-state index in [9.17, 15) is 14.7 Å². The minimum absolute atomic E-state index is 0.0420. The molecule has 25 heavy (non-hydrogen) atoms. The number of carbonyl (C=O) groups is 2. The van der Waals surface area contributed by atoms with Gasteiger partial charge in [-0.05, 0) is 55.5 Å². The van der Waals surface area contributed by atoms with Crippen molar-refractivity contribution in [3.8, 4) is 5.75 Å². The van der Waals surface area contributed by atoms with E-state index in [0.29, 0.717) is 26.1 Å². The molecule has 0 saturated carbocycles. The van der Waals surface area contributed by atoms with Crippen LogP contribution in [-0.2, 0) is 11.2 Å². The van der Waals surface area contributed by atoms with Crippen LogP contribution >= 0.6 is 0 Å². The highest BCUT2D eigenvalue weighted by Gasteiger charge is 2.47. The van der Waals surface area contributed by atoms with E-state index in [1.165, 1.54) is 0 Å². The Morgan fingerprint density at radius 3 is 2.72 bits per heavy atom. The molecule has 1 aromatic rings. The van der Waals surface area contributed by atoms with Gasteiger partial charge in [-0.15, -0.1) is 0 Å². The number of likely N-dealkylation sites (tertiary alicyclic amines) is 2. The second-order valence-electron chi connectivity index (χ2n) is 7.69. The Morgan fingerprint density at radius 1 is 1.28 bits per heavy atom. The zero-order chi connectivity index (χ0) is 17.6. The summed E-state index contributed by atoms with van der Waals surface area (Å²) < 4.78 is 5.50. The molecule has 1 N–H and O–H groups in total. The van der Waals surface area contributed by atoms with Crippen molar-refractivity contribution in [3.63, 3.8) is 0 Å². The number of aliphatic carboxylic acids is 1. The van der Waals surface area contributed by atoms with E-state index in [0.717, 1.165) is 42.7 Å². The highest BCUT2D eigenvalue weighted by atomic mass is 16.5. The first-order valence-electron chi connectivity index (χ1n) is 8.96. The summed E-state index contributed by atoms with van der Waals surface area (Å²) in [7, 11) is 1.89. The molecule has 1 amide bonds. The Morgan fingerprint density at radius 2 is 2.04 bits per heavy atom. The summed E-state index contributed by atoms with van der Waals surface area (Å²) in [6, 6.07) is 5.31. The first kappa shape index (κ1) is 16.4. The number of carbonyl (C=O) groups excluding carboxylic acids is 1. The summed E-state index contributed by atoms with van der Waals surface area (Å²) in [5, 5.41) is 9.35. The molecule has 3 heterocycles. The van der Waals surface area contributed by atoms with Crippen LogP contribution < -0.4 is 4.74 Å². The predicted octanol–water partition coefficient (Wildman–Crippen LogP) is 1.63. The molecule has 134 valence electrons. The van der Waals surface area contributed by atoms with Crippen molar-refractivity contribution in [2.45, 2.75) is 31.7 Å². The molecule has 2 saturated heterocycles. The molecule has 0 radical (unpaired) electrons. The van der Waals surface area contributed by atoms with E-state index >= 15 is 0 Å². The second-order valence-corrected chi connectivity index (χ2v) is 7.69. The average Bonchev–Trinajstić information content (AvgIpc) is 3.19. The number of carboxylic acid groups (broad SMARTS) is 1. The van der Waals surface area contributed by atoms with Crippen LogP contribution in [0.4, 0.5) is 0 Å². The smallest absolute Gasteiger partial charge is 0.320 e. The molecule has 1 aromatic carbocycles. The third-order valence-corrected chi connectivity index (χ3v) is 6.08. The van der Waals surface area contributed by atoms with Crippen LogP contribution in [0.25, 0.3) is 0 Å². The highest BCUT2D eigenvalue weighted by Crippen LogP contribution is 2.43. The van der Waals surface area contributed by atoms with Gasteiger partial charge in [0.1, 0.15) is 11.8 Å². The third kappa shape index (κ3) is 2.88. The molecule has 3 aliphatic heterocycles. The quantitative estimate of drug-likeness (QED) is 0.883. The normalized spacial score (nSPS) is 25.0. The standard InChI is InChI=1S/C19H24N2O4/c1-20-12-19(11-15(20)18(23)24)5-7-21(8-6-19)17(22)14-2-3-16-13(10-14)4-9-25-16/h2-3,10,15H,4-9,11-12H2,1H3,(H,23,24)/t15-/m1/s1. The summed E-state index contributed by atoms with van der Waals surface area (Å²) >= 11 is 0. The van der Waals surface area contributed by atoms with Crippen LogP contribution in [0.15, 0.2) is 18.2 Å². The fourth-order valence-corrected chi connectivity index (χ4v) is 4.59. The Balaban J connectivity index is 1.42. The largest absolute Gasteiger partial charge is 0.493 e. The lowest BCUT2D eigenvalue weighted by atomic mass is 9.76. The average molecular weight is 344 g/mol. The minimum atomic E-state index is -0.738. The number of carboxylic acids is 1. The SMILES string of the molecule is CN1CC2(CCN(C(=O)c3ccc4c(c3)CCO4)CC2)C[C@@H]1C(=O)O. The molecule has 1 spiro atoms. The number of fused-ring (bicyclic) bond motifs is 1. The number of benzene rings is 1. The number of nitrogens with zero attached hydrogens (tertiary/aromatic N) is 2. The molecule has 4 rings (SSSR count). The second kappa shape index (κ2) is 6.02. The first-order valence-corrected chi connectivity index (χ1v) is 8.96. The van der Waals surface area contributed by atoms with Crippen molar-refractivity contribution in [3.05, 3.63) is 29.3 Å². The highest BCUT2D eigenvalue weighted by molar-refractivity contribution is 5.94. The maximum Gasteiger partial charge on any atom is 0.320 e. The Hall–Kier alpha value is -2.08. The van der Waals surface area contributed by atoms with E-state index in [-0.39, 0.29) is 17.4 Å². The lowest BCUT2D eigenvalue weighted by Crippen LogP contribution is -2.44. The first-order chi connectivity index (χ1) is 12.0. The molecule has 6 heteroatoms. The van der Waals surface area contributed by atoms with Crippen molar-refractivity contribution in [2.75, 3.05) is 33.3 Å². The van der Waals surface area contributed by atoms with Gasteiger partial charge in [0.05, 0.1) is 6.61 Å². The molecule has 2 fully saturated rings. The molecule has 0 unspecified atom stereocenters. The van der Waals surface area contributed by atoms with Crippen molar-refractivity contribution in [1.29, 1.82) is 0 Å². The van der Waals surface area contributed by atoms with Gasteiger partial charge in [0.15, 0.2) is 0 Å². The van der Waals surface area contributed by atoms with Gasteiger partial charge in [-0.3, -0.25) is 14.5 Å². The van der Waals surface area contributed by atoms with Gasteiger partial charge in [0.2, 0.25) is 0 Å². The Labute approximate surface area is 147 Å². The van der Waals surface area contributed by atoms with E-state index < -0.39 is 5.97 Å². The number of hydrogen-bond donors (Lipinski definition) is 1. The number of amides is 1. The fourth-order valence-electron chi connectivity index (χ4n) is 4.59. The molecule has 0 aliphatic carbocycles. The summed E-state index contributed by atoms with van der Waals surface area (Å²) in [6.45, 7) is 2.90. The molecular weight excluding hydrogens is 320 g/mol. The third-order valence-electron chi connectivity index (χ3n) is 6.08. The maximum atomic E-state index is 12.8. The van der Waals surface area contributed by atoms with Gasteiger partial charge in [0.25, 0.3) is 5.91 Å². The van der Waals surface area contributed by atoms with Crippen LogP contribution in [-0.4, -0.2) is 66.1 Å². The van der Waals surface area contributed by atoms with Crippen molar-refractivity contribution in [1.82, 2.24) is 9.80 Å². The van der Waals surface area contributed by atoms with Crippen LogP contribution in [0.2, 0.25) is 0 Å². The topological polar surface area (TPSA) is 70.1 Å². The maximum absolute atomic E-state index is 12.8. The van der Waals surface area contributed by atoms with Gasteiger partial charge in [-0.1, -0.05) is 0 Å². The fraction of sp³-hybridized carbons (Fsp3) is 0.579. The van der Waals surface area contributed by atoms with E-state index in [4.69, 9.17) is 4.74 Å². The van der Waals surface area contributed by atoms with E-state index in [1.807, 2.05) is 35.0 Å². The summed E-state index contributed by atoms with van der Waals surface area (Å²) in [5.41, 5.74) is 1.88. The Bertz CT molecular complexity index is 709. The molecule has 0 bridgehead atoms. The van der Waals surface area contributed by atoms with Crippen LogP contribution in [0, 0.1) is 5.41 Å². The predicted molar refractivity (Wildman–Crippen MR) is 91.9 cm³/mol. The van der Waals surface area contributed by atoms with Crippen molar-refractivity contribution >= 4 is 11.9 Å². The van der Waals surface area contributed by atoms with Crippen LogP contribution in [0.3, 0.4) is 0 Å². The molecule has 0 aromatic heterocycles. The van der Waals surface area contributed by atoms with Crippen molar-refractivity contribution < 1.29 is 19.4 Å². The number of rotatable bonds is 2. The lowest BCUT2D eigenvalue weighted by molar-refractivity contribution is -0.141. The number of hydrogen-bond acceptors (Lipinski definition) is 4. The zero-order valence-corrected chi connectivity index (χ0v) is 14.5. The van der Waals surface area contributed by atoms with Gasteiger partial charge in [0, 0.05) is 31.6 Å². The molecule has 3 aliphatic rings. The van der Waals surface area contributed by atoms with E-state index in [1.54, 1.807) is 0 Å². The number of ether oxygens (including phenoxy) is 1. The summed E-state index contributed by atoms with van der Waals surface area (Å²) in [6.07, 6.45) is 3.31.